The molecule has 104 valence electrons. The van der Waals surface area contributed by atoms with Gasteiger partial charge in [-0.1, -0.05) is 19.3 Å². The summed E-state index contributed by atoms with van der Waals surface area (Å²) < 4.78 is 6.47. The van der Waals surface area contributed by atoms with E-state index in [1.54, 1.807) is 0 Å². The molecule has 0 aromatic rings. The Balaban J connectivity index is 1.49. The van der Waals surface area contributed by atoms with Crippen molar-refractivity contribution in [1.29, 1.82) is 0 Å². The first-order valence-electron chi connectivity index (χ1n) is 7.89. The number of nitrogens with zero attached hydrogens (tertiary/aromatic N) is 1. The Morgan fingerprint density at radius 1 is 1.22 bits per heavy atom. The first-order chi connectivity index (χ1) is 8.76. The zero-order valence-corrected chi connectivity index (χ0v) is 11.8. The van der Waals surface area contributed by atoms with Gasteiger partial charge < -0.3 is 10.1 Å². The fraction of sp³-hybridized carbons (Fsp3) is 1.00. The van der Waals surface area contributed by atoms with Crippen LogP contribution in [-0.2, 0) is 4.74 Å². The van der Waals surface area contributed by atoms with E-state index < -0.39 is 0 Å². The van der Waals surface area contributed by atoms with Crippen molar-refractivity contribution < 1.29 is 4.74 Å². The molecular weight excluding hydrogens is 224 g/mol. The third-order valence-electron chi connectivity index (χ3n) is 5.02. The maximum Gasteiger partial charge on any atom is 0.0710 e. The predicted molar refractivity (Wildman–Crippen MR) is 73.8 cm³/mol. The molecule has 2 saturated heterocycles. The third kappa shape index (κ3) is 2.89. The van der Waals surface area contributed by atoms with Crippen molar-refractivity contribution in [3.05, 3.63) is 0 Å². The van der Waals surface area contributed by atoms with Gasteiger partial charge in [0.2, 0.25) is 0 Å². The summed E-state index contributed by atoms with van der Waals surface area (Å²) in [5.41, 5.74) is 0.294. The zero-order valence-electron chi connectivity index (χ0n) is 11.8. The van der Waals surface area contributed by atoms with Crippen molar-refractivity contribution in [2.45, 2.75) is 69.6 Å². The number of hydrogen-bond donors (Lipinski definition) is 1. The molecule has 3 nitrogen and oxygen atoms in total. The van der Waals surface area contributed by atoms with Gasteiger partial charge in [-0.25, -0.2) is 0 Å². The lowest BCUT2D eigenvalue weighted by atomic mass is 9.83. The van der Waals surface area contributed by atoms with Crippen molar-refractivity contribution in [3.8, 4) is 0 Å². The predicted octanol–water partition coefficient (Wildman–Crippen LogP) is 2.16. The number of hydrogen-bond acceptors (Lipinski definition) is 3. The Labute approximate surface area is 111 Å². The van der Waals surface area contributed by atoms with Crippen molar-refractivity contribution in [1.82, 2.24) is 10.2 Å². The summed E-state index contributed by atoms with van der Waals surface area (Å²) in [6.07, 6.45) is 9.95. The van der Waals surface area contributed by atoms with Crippen LogP contribution in [0.1, 0.15) is 51.9 Å². The molecule has 1 N–H and O–H groups in total. The normalized spacial score (nSPS) is 37.2. The minimum absolute atomic E-state index is 0.294. The average molecular weight is 252 g/mol. The lowest BCUT2D eigenvalue weighted by Crippen LogP contribution is -2.51. The molecule has 1 saturated carbocycles. The highest BCUT2D eigenvalue weighted by Crippen LogP contribution is 2.42. The van der Waals surface area contributed by atoms with Gasteiger partial charge in [0.05, 0.1) is 11.7 Å². The fourth-order valence-electron chi connectivity index (χ4n) is 4.05. The molecule has 0 aromatic heterocycles. The smallest absolute Gasteiger partial charge is 0.0710 e. The Bertz CT molecular complexity index is 276. The largest absolute Gasteiger partial charge is 0.370 e. The van der Waals surface area contributed by atoms with E-state index in [0.29, 0.717) is 17.7 Å². The molecule has 1 aliphatic carbocycles. The van der Waals surface area contributed by atoms with E-state index in [4.69, 9.17) is 4.74 Å². The molecule has 1 spiro atoms. The van der Waals surface area contributed by atoms with Crippen LogP contribution in [-0.4, -0.2) is 48.8 Å². The van der Waals surface area contributed by atoms with Crippen molar-refractivity contribution in [3.63, 3.8) is 0 Å². The van der Waals surface area contributed by atoms with Crippen molar-refractivity contribution >= 4 is 0 Å². The van der Waals surface area contributed by atoms with E-state index in [-0.39, 0.29) is 0 Å². The first-order valence-corrected chi connectivity index (χ1v) is 7.89. The third-order valence-corrected chi connectivity index (χ3v) is 5.02. The fourth-order valence-corrected chi connectivity index (χ4v) is 4.05. The van der Waals surface area contributed by atoms with E-state index >= 15 is 0 Å². The summed E-state index contributed by atoms with van der Waals surface area (Å²) >= 11 is 0. The standard InChI is InChI=1S/C15H28N2O/c1-13-11-17(10-9-16-13)12-14-5-8-15(18-14)6-3-2-4-7-15/h13-14,16H,2-12H2,1H3. The second-order valence-corrected chi connectivity index (χ2v) is 6.64. The summed E-state index contributed by atoms with van der Waals surface area (Å²) in [5.74, 6) is 0. The second-order valence-electron chi connectivity index (χ2n) is 6.64. The Hall–Kier alpha value is -0.120. The van der Waals surface area contributed by atoms with Crippen LogP contribution in [0.25, 0.3) is 0 Å². The summed E-state index contributed by atoms with van der Waals surface area (Å²) in [4.78, 5) is 2.59. The van der Waals surface area contributed by atoms with Crippen LogP contribution in [0.15, 0.2) is 0 Å². The van der Waals surface area contributed by atoms with Gasteiger partial charge >= 0.3 is 0 Å². The van der Waals surface area contributed by atoms with Gasteiger partial charge in [-0.2, -0.15) is 0 Å². The summed E-state index contributed by atoms with van der Waals surface area (Å²) in [6, 6.07) is 0.642. The molecule has 3 aliphatic rings. The molecule has 3 fully saturated rings. The number of piperazine rings is 1. The summed E-state index contributed by atoms with van der Waals surface area (Å²) in [5, 5.41) is 3.51. The van der Waals surface area contributed by atoms with Gasteiger partial charge in [0.15, 0.2) is 0 Å². The van der Waals surface area contributed by atoms with E-state index in [1.165, 1.54) is 58.0 Å². The Kier molecular flexibility index (Phi) is 3.92. The highest BCUT2D eigenvalue weighted by Gasteiger charge is 2.41. The van der Waals surface area contributed by atoms with Gasteiger partial charge in [-0.15, -0.1) is 0 Å². The minimum atomic E-state index is 0.294. The van der Waals surface area contributed by atoms with E-state index in [2.05, 4.69) is 17.1 Å². The van der Waals surface area contributed by atoms with Gasteiger partial charge in [0.25, 0.3) is 0 Å². The lowest BCUT2D eigenvalue weighted by Gasteiger charge is -2.36. The molecule has 3 rings (SSSR count). The number of rotatable bonds is 2. The van der Waals surface area contributed by atoms with Gasteiger partial charge in [0.1, 0.15) is 0 Å². The molecular formula is C15H28N2O. The molecule has 0 bridgehead atoms. The van der Waals surface area contributed by atoms with Crippen LogP contribution in [0.4, 0.5) is 0 Å². The molecule has 0 radical (unpaired) electrons. The molecule has 3 heteroatoms. The quantitative estimate of drug-likeness (QED) is 0.815. The van der Waals surface area contributed by atoms with Crippen LogP contribution >= 0.6 is 0 Å². The lowest BCUT2D eigenvalue weighted by molar-refractivity contribution is -0.0730. The maximum atomic E-state index is 6.47. The Morgan fingerprint density at radius 3 is 2.83 bits per heavy atom. The van der Waals surface area contributed by atoms with Crippen LogP contribution < -0.4 is 5.32 Å². The number of ether oxygens (including phenoxy) is 1. The molecule has 2 unspecified atom stereocenters. The van der Waals surface area contributed by atoms with Crippen molar-refractivity contribution in [2.75, 3.05) is 26.2 Å². The summed E-state index contributed by atoms with van der Waals surface area (Å²) in [7, 11) is 0. The van der Waals surface area contributed by atoms with Crippen LogP contribution in [0.3, 0.4) is 0 Å². The van der Waals surface area contributed by atoms with E-state index in [9.17, 15) is 0 Å². The Morgan fingerprint density at radius 2 is 2.06 bits per heavy atom. The highest BCUT2D eigenvalue weighted by molar-refractivity contribution is 4.92. The van der Waals surface area contributed by atoms with Crippen molar-refractivity contribution in [2.24, 2.45) is 0 Å². The highest BCUT2D eigenvalue weighted by atomic mass is 16.5. The molecule has 18 heavy (non-hydrogen) atoms. The molecule has 2 aliphatic heterocycles. The average Bonchev–Trinajstić information content (AvgIpc) is 2.73. The molecule has 0 aromatic carbocycles. The van der Waals surface area contributed by atoms with Crippen LogP contribution in [0.2, 0.25) is 0 Å². The topological polar surface area (TPSA) is 24.5 Å². The zero-order chi connectivity index (χ0) is 12.4. The summed E-state index contributed by atoms with van der Waals surface area (Å²) in [6.45, 7) is 6.96. The maximum absolute atomic E-state index is 6.47. The molecule has 0 amide bonds. The monoisotopic (exact) mass is 252 g/mol. The van der Waals surface area contributed by atoms with Gasteiger partial charge in [0, 0.05) is 32.2 Å². The van der Waals surface area contributed by atoms with E-state index in [0.717, 1.165) is 13.1 Å². The molecule has 2 atom stereocenters. The minimum Gasteiger partial charge on any atom is -0.370 e. The first kappa shape index (κ1) is 12.9. The van der Waals surface area contributed by atoms with Gasteiger partial charge in [-0.05, 0) is 32.6 Å². The van der Waals surface area contributed by atoms with Crippen LogP contribution in [0, 0.1) is 0 Å². The molecule has 2 heterocycles. The SMILES string of the molecule is CC1CN(CC2CCC3(CCCCC3)O2)CCN1. The number of nitrogens with one attached hydrogen (secondary N) is 1. The second kappa shape index (κ2) is 5.48. The van der Waals surface area contributed by atoms with Crippen LogP contribution in [0.5, 0.6) is 0 Å². The van der Waals surface area contributed by atoms with Gasteiger partial charge in [-0.3, -0.25) is 4.90 Å². The van der Waals surface area contributed by atoms with E-state index in [1.807, 2.05) is 0 Å².